The Morgan fingerprint density at radius 2 is 1.90 bits per heavy atom. The minimum Gasteiger partial charge on any atom is -0.464 e. The molecule has 8 nitrogen and oxygen atoms in total. The average Bonchev–Trinajstić information content (AvgIpc) is 3.13. The van der Waals surface area contributed by atoms with Gasteiger partial charge in [0.15, 0.2) is 11.2 Å². The summed E-state index contributed by atoms with van der Waals surface area (Å²) in [5.41, 5.74) is -0.293. The average molecular weight is 433 g/mol. The molecule has 2 aromatic heterocycles. The van der Waals surface area contributed by atoms with E-state index in [0.29, 0.717) is 23.0 Å². The first-order valence-electron chi connectivity index (χ1n) is 9.91. The number of halogens is 1. The largest absolute Gasteiger partial charge is 0.464 e. The van der Waals surface area contributed by atoms with Crippen molar-refractivity contribution in [3.63, 3.8) is 0 Å². The number of benzene rings is 1. The highest BCUT2D eigenvalue weighted by atomic mass is 35.5. The molecule has 0 saturated carbocycles. The lowest BCUT2D eigenvalue weighted by Gasteiger charge is -2.16. The number of aromatic nitrogens is 4. The highest BCUT2D eigenvalue weighted by Gasteiger charge is 2.25. The maximum Gasteiger partial charge on any atom is 0.337 e. The second-order valence-electron chi connectivity index (χ2n) is 7.46. The van der Waals surface area contributed by atoms with Crippen molar-refractivity contribution in [1.29, 1.82) is 0 Å². The number of hydrogen-bond donors (Lipinski definition) is 0. The van der Waals surface area contributed by atoms with Gasteiger partial charge in [-0.25, -0.2) is 19.1 Å². The summed E-state index contributed by atoms with van der Waals surface area (Å²) < 4.78 is 9.06. The second kappa shape index (κ2) is 8.87. The molecule has 9 heteroatoms. The summed E-state index contributed by atoms with van der Waals surface area (Å²) in [5.74, 6) is -0.190. The highest BCUT2D eigenvalue weighted by molar-refractivity contribution is 6.32. The Labute approximate surface area is 178 Å². The number of ether oxygens (including phenoxy) is 1. The smallest absolute Gasteiger partial charge is 0.337 e. The third-order valence-electron chi connectivity index (χ3n) is 4.92. The maximum atomic E-state index is 13.3. The van der Waals surface area contributed by atoms with Gasteiger partial charge in [-0.3, -0.25) is 9.36 Å². The monoisotopic (exact) mass is 432 g/mol. The molecule has 160 valence electrons. The molecule has 1 unspecified atom stereocenters. The predicted molar refractivity (Wildman–Crippen MR) is 115 cm³/mol. The molecule has 3 rings (SSSR count). The third-order valence-corrected chi connectivity index (χ3v) is 5.24. The Morgan fingerprint density at radius 3 is 2.53 bits per heavy atom. The van der Waals surface area contributed by atoms with E-state index in [0.717, 1.165) is 0 Å². The van der Waals surface area contributed by atoms with Crippen molar-refractivity contribution in [2.24, 2.45) is 5.92 Å². The van der Waals surface area contributed by atoms with Gasteiger partial charge in [-0.1, -0.05) is 37.6 Å². The van der Waals surface area contributed by atoms with E-state index in [1.165, 1.54) is 20.0 Å². The van der Waals surface area contributed by atoms with Gasteiger partial charge in [0.25, 0.3) is 5.56 Å². The molecule has 0 amide bonds. The van der Waals surface area contributed by atoms with Crippen LogP contribution in [-0.2, 0) is 16.1 Å². The van der Waals surface area contributed by atoms with Crippen molar-refractivity contribution in [2.75, 3.05) is 6.61 Å². The van der Waals surface area contributed by atoms with Gasteiger partial charge in [0.2, 0.25) is 0 Å². The summed E-state index contributed by atoms with van der Waals surface area (Å²) in [4.78, 5) is 43.2. The fraction of sp³-hybridized carbons (Fsp3) is 0.429. The third kappa shape index (κ3) is 3.92. The van der Waals surface area contributed by atoms with Crippen LogP contribution in [0, 0.1) is 5.92 Å². The van der Waals surface area contributed by atoms with Crippen molar-refractivity contribution in [1.82, 2.24) is 18.7 Å². The molecule has 0 radical (unpaired) electrons. The summed E-state index contributed by atoms with van der Waals surface area (Å²) in [7, 11) is 0. The van der Waals surface area contributed by atoms with E-state index in [4.69, 9.17) is 16.3 Å². The first kappa shape index (κ1) is 21.8. The Hall–Kier alpha value is -2.87. The second-order valence-corrected chi connectivity index (χ2v) is 7.87. The maximum absolute atomic E-state index is 13.3. The molecule has 30 heavy (non-hydrogen) atoms. The number of carbonyl (C=O) groups is 1. The zero-order valence-electron chi connectivity index (χ0n) is 17.5. The summed E-state index contributed by atoms with van der Waals surface area (Å²) in [6.45, 7) is 7.84. The predicted octanol–water partition coefficient (Wildman–Crippen LogP) is 3.17. The first-order valence-corrected chi connectivity index (χ1v) is 10.3. The number of fused-ring (bicyclic) bond motifs is 1. The van der Waals surface area contributed by atoms with Crippen molar-refractivity contribution >= 4 is 28.7 Å². The number of esters is 1. The standard InChI is InChI=1S/C21H25ClN4O4/c1-5-30-20(28)14(4)25-12-23-18-17(25)19(27)24(11-10-13(2)3)21(29)26(18)16-9-7-6-8-15(16)22/h6-9,12-14H,5,10-11H2,1-4H3. The fourth-order valence-corrected chi connectivity index (χ4v) is 3.47. The molecule has 0 fully saturated rings. The van der Waals surface area contributed by atoms with Crippen LogP contribution >= 0.6 is 11.6 Å². The lowest BCUT2D eigenvalue weighted by atomic mass is 10.1. The van der Waals surface area contributed by atoms with Crippen LogP contribution in [0.2, 0.25) is 5.02 Å². The first-order chi connectivity index (χ1) is 14.3. The molecule has 0 N–H and O–H groups in total. The molecule has 1 aromatic carbocycles. The van der Waals surface area contributed by atoms with Crippen LogP contribution in [0.3, 0.4) is 0 Å². The SMILES string of the molecule is CCOC(=O)C(C)n1cnc2c1c(=O)n(CCC(C)C)c(=O)n2-c1ccccc1Cl. The molecule has 2 heterocycles. The van der Waals surface area contributed by atoms with E-state index >= 15 is 0 Å². The summed E-state index contributed by atoms with van der Waals surface area (Å²) in [5, 5.41) is 0.350. The highest BCUT2D eigenvalue weighted by Crippen LogP contribution is 2.22. The molecular weight excluding hydrogens is 408 g/mol. The molecule has 1 atom stereocenters. The van der Waals surface area contributed by atoms with Gasteiger partial charge in [0, 0.05) is 6.54 Å². The van der Waals surface area contributed by atoms with Crippen LogP contribution < -0.4 is 11.2 Å². The fourth-order valence-electron chi connectivity index (χ4n) is 3.25. The lowest BCUT2D eigenvalue weighted by molar-refractivity contribution is -0.146. The Balaban J connectivity index is 2.35. The zero-order valence-corrected chi connectivity index (χ0v) is 18.2. The van der Waals surface area contributed by atoms with E-state index in [-0.39, 0.29) is 24.3 Å². The van der Waals surface area contributed by atoms with Crippen molar-refractivity contribution in [3.8, 4) is 5.69 Å². The van der Waals surface area contributed by atoms with Crippen LogP contribution in [-0.4, -0.2) is 31.3 Å². The number of imidazole rings is 1. The van der Waals surface area contributed by atoms with Gasteiger partial charge in [-0.15, -0.1) is 0 Å². The van der Waals surface area contributed by atoms with Gasteiger partial charge in [-0.05, 0) is 38.3 Å². The number of nitrogens with zero attached hydrogens (tertiary/aromatic N) is 4. The number of rotatable bonds is 7. The molecular formula is C21H25ClN4O4. The van der Waals surface area contributed by atoms with Crippen molar-refractivity contribution < 1.29 is 9.53 Å². The van der Waals surface area contributed by atoms with Crippen LogP contribution in [0.25, 0.3) is 16.9 Å². The number of hydrogen-bond acceptors (Lipinski definition) is 5. The van der Waals surface area contributed by atoms with Crippen LogP contribution in [0.15, 0.2) is 40.2 Å². The molecule has 0 saturated heterocycles. The van der Waals surface area contributed by atoms with Gasteiger partial charge < -0.3 is 9.30 Å². The zero-order chi connectivity index (χ0) is 22.0. The normalized spacial score (nSPS) is 12.5. The quantitative estimate of drug-likeness (QED) is 0.535. The Kier molecular flexibility index (Phi) is 6.45. The molecule has 0 aliphatic heterocycles. The van der Waals surface area contributed by atoms with Gasteiger partial charge in [0.1, 0.15) is 6.04 Å². The van der Waals surface area contributed by atoms with Crippen molar-refractivity contribution in [3.05, 3.63) is 56.5 Å². The van der Waals surface area contributed by atoms with E-state index in [1.54, 1.807) is 38.1 Å². The molecule has 0 aliphatic rings. The molecule has 0 spiro atoms. The minimum absolute atomic E-state index is 0.148. The molecule has 3 aromatic rings. The summed E-state index contributed by atoms with van der Waals surface area (Å²) >= 11 is 6.36. The van der Waals surface area contributed by atoms with Gasteiger partial charge in [0.05, 0.1) is 23.6 Å². The number of carbonyl (C=O) groups excluding carboxylic acids is 1. The Morgan fingerprint density at radius 1 is 1.20 bits per heavy atom. The van der Waals surface area contributed by atoms with E-state index < -0.39 is 23.3 Å². The molecule has 0 aliphatic carbocycles. The van der Waals surface area contributed by atoms with Crippen LogP contribution in [0.5, 0.6) is 0 Å². The van der Waals surface area contributed by atoms with Gasteiger partial charge >= 0.3 is 11.7 Å². The van der Waals surface area contributed by atoms with Crippen molar-refractivity contribution in [2.45, 2.75) is 46.7 Å². The van der Waals surface area contributed by atoms with E-state index in [1.807, 2.05) is 13.8 Å². The lowest BCUT2D eigenvalue weighted by Crippen LogP contribution is -2.40. The minimum atomic E-state index is -0.779. The van der Waals surface area contributed by atoms with Crippen LogP contribution in [0.4, 0.5) is 0 Å². The summed E-state index contributed by atoms with van der Waals surface area (Å²) in [6.07, 6.45) is 2.03. The topological polar surface area (TPSA) is 88.1 Å². The van der Waals surface area contributed by atoms with E-state index in [2.05, 4.69) is 4.98 Å². The molecule has 0 bridgehead atoms. The van der Waals surface area contributed by atoms with Crippen LogP contribution in [0.1, 0.15) is 40.2 Å². The number of para-hydroxylation sites is 1. The Bertz CT molecular complexity index is 1190. The van der Waals surface area contributed by atoms with Gasteiger partial charge in [-0.2, -0.15) is 0 Å². The van der Waals surface area contributed by atoms with E-state index in [9.17, 15) is 14.4 Å². The summed E-state index contributed by atoms with van der Waals surface area (Å²) in [6, 6.07) is 6.08.